The normalized spacial score (nSPS) is 11.8. The summed E-state index contributed by atoms with van der Waals surface area (Å²) < 4.78 is 2.45. The van der Waals surface area contributed by atoms with Crippen LogP contribution in [0.3, 0.4) is 0 Å². The average molecular weight is 818 g/mol. The number of nitrogens with zero attached hydrogens (tertiary/aromatic N) is 3. The minimum Gasteiger partial charge on any atom is -0.208 e. The molecule has 0 spiro atoms. The Morgan fingerprint density at radius 3 is 1.46 bits per heavy atom. The molecule has 11 aromatic carbocycles. The van der Waals surface area contributed by atoms with E-state index in [1.807, 2.05) is 11.3 Å². The van der Waals surface area contributed by atoms with Crippen LogP contribution in [-0.4, -0.2) is 15.0 Å². The van der Waals surface area contributed by atoms with Crippen LogP contribution < -0.4 is 0 Å². The number of hydrogen-bond donors (Lipinski definition) is 0. The zero-order valence-corrected chi connectivity index (χ0v) is 34.8. The Labute approximate surface area is 367 Å². The number of hydrogen-bond acceptors (Lipinski definition) is 4. The van der Waals surface area contributed by atoms with E-state index in [2.05, 4.69) is 212 Å². The monoisotopic (exact) mass is 817 g/mol. The third-order valence-electron chi connectivity index (χ3n) is 12.7. The summed E-state index contributed by atoms with van der Waals surface area (Å²) in [5, 5.41) is 14.4. The SMILES string of the molecule is c1ccc(-c2ccc(-c3nc(-c4ccc(-c5cccc6ccccc56)cc4)nc(-c4c5c(cc6c7ccccc7c7ccccc7c46)sc4cc6ccccc6cc45)n3)cc2)cc1. The Balaban J connectivity index is 1.12. The van der Waals surface area contributed by atoms with Gasteiger partial charge in [-0.25, -0.2) is 15.0 Å². The lowest BCUT2D eigenvalue weighted by Crippen LogP contribution is -2.01. The molecule has 0 aliphatic heterocycles. The van der Waals surface area contributed by atoms with Crippen molar-refractivity contribution in [2.24, 2.45) is 0 Å². The van der Waals surface area contributed by atoms with E-state index >= 15 is 0 Å². The number of rotatable bonds is 5. The highest BCUT2D eigenvalue weighted by Crippen LogP contribution is 2.49. The number of thiophene rings is 1. The van der Waals surface area contributed by atoms with Gasteiger partial charge in [0.25, 0.3) is 0 Å². The Hall–Kier alpha value is -8.05. The molecule has 0 fully saturated rings. The molecule has 0 bridgehead atoms. The van der Waals surface area contributed by atoms with Crippen molar-refractivity contribution in [2.45, 2.75) is 0 Å². The van der Waals surface area contributed by atoms with Crippen molar-refractivity contribution in [3.63, 3.8) is 0 Å². The molecule has 63 heavy (non-hydrogen) atoms. The van der Waals surface area contributed by atoms with Gasteiger partial charge in [0.2, 0.25) is 0 Å². The van der Waals surface area contributed by atoms with E-state index in [1.165, 1.54) is 79.8 Å². The lowest BCUT2D eigenvalue weighted by molar-refractivity contribution is 1.08. The molecule has 0 aliphatic rings. The van der Waals surface area contributed by atoms with Gasteiger partial charge >= 0.3 is 0 Å². The molecule has 2 aromatic heterocycles. The molecule has 0 N–H and O–H groups in total. The molecular weight excluding hydrogens is 783 g/mol. The summed E-state index contributed by atoms with van der Waals surface area (Å²) in [6.07, 6.45) is 0. The van der Waals surface area contributed by atoms with Gasteiger partial charge in [-0.1, -0.05) is 194 Å². The highest BCUT2D eigenvalue weighted by Gasteiger charge is 2.23. The third kappa shape index (κ3) is 5.84. The van der Waals surface area contributed by atoms with Crippen molar-refractivity contribution < 1.29 is 0 Å². The van der Waals surface area contributed by atoms with Gasteiger partial charge in [-0.2, -0.15) is 0 Å². The molecule has 0 unspecified atom stereocenters. The number of aromatic nitrogens is 3. The summed E-state index contributed by atoms with van der Waals surface area (Å²) in [6, 6.07) is 76.3. The van der Waals surface area contributed by atoms with Gasteiger partial charge in [0.15, 0.2) is 17.5 Å². The first-order valence-electron chi connectivity index (χ1n) is 21.3. The number of benzene rings is 11. The van der Waals surface area contributed by atoms with Gasteiger partial charge in [0.05, 0.1) is 0 Å². The van der Waals surface area contributed by atoms with Crippen LogP contribution in [0, 0.1) is 0 Å². The molecule has 0 aliphatic carbocycles. The Morgan fingerprint density at radius 2 is 0.762 bits per heavy atom. The minimum atomic E-state index is 0.631. The van der Waals surface area contributed by atoms with Crippen molar-refractivity contribution in [3.05, 3.63) is 212 Å². The maximum atomic E-state index is 5.54. The molecule has 2 heterocycles. The molecule has 0 radical (unpaired) electrons. The Kier molecular flexibility index (Phi) is 8.08. The third-order valence-corrected chi connectivity index (χ3v) is 13.8. The summed E-state index contributed by atoms with van der Waals surface area (Å²) in [7, 11) is 0. The van der Waals surface area contributed by atoms with Crippen molar-refractivity contribution in [2.75, 3.05) is 0 Å². The van der Waals surface area contributed by atoms with Crippen molar-refractivity contribution in [1.82, 2.24) is 15.0 Å². The lowest BCUT2D eigenvalue weighted by atomic mass is 9.89. The largest absolute Gasteiger partial charge is 0.208 e. The zero-order valence-electron chi connectivity index (χ0n) is 34.0. The quantitative estimate of drug-likeness (QED) is 0.162. The fourth-order valence-electron chi connectivity index (χ4n) is 9.69. The van der Waals surface area contributed by atoms with Gasteiger partial charge in [-0.05, 0) is 88.9 Å². The van der Waals surface area contributed by atoms with Gasteiger partial charge < -0.3 is 0 Å². The van der Waals surface area contributed by atoms with Crippen LogP contribution in [0.4, 0.5) is 0 Å². The standard InChI is InChI=1S/C59H35N3S/c1-2-13-36(14-3-1)37-25-29-40(30-26-37)57-60-58(41-31-27-39(28-32-41)45-24-12-18-38-15-6-7-19-44(38)45)62-59(61-57)56-54-49-23-11-10-21-47(49)46-20-8-9-22-48(46)50(54)35-53-55(56)51-33-42-16-4-5-17-43(42)34-52(51)63-53/h1-35H. The molecule has 0 saturated carbocycles. The van der Waals surface area contributed by atoms with E-state index in [4.69, 9.17) is 15.0 Å². The van der Waals surface area contributed by atoms with Gasteiger partial charge in [0.1, 0.15) is 0 Å². The first-order chi connectivity index (χ1) is 31.2. The van der Waals surface area contributed by atoms with Gasteiger partial charge in [-0.3, -0.25) is 0 Å². The van der Waals surface area contributed by atoms with Crippen LogP contribution >= 0.6 is 11.3 Å². The fourth-order valence-corrected chi connectivity index (χ4v) is 10.9. The first-order valence-corrected chi connectivity index (χ1v) is 22.2. The molecule has 3 nitrogen and oxygen atoms in total. The number of fused-ring (bicyclic) bond motifs is 11. The van der Waals surface area contributed by atoms with E-state index in [9.17, 15) is 0 Å². The Morgan fingerprint density at radius 1 is 0.270 bits per heavy atom. The average Bonchev–Trinajstić information content (AvgIpc) is 3.71. The molecule has 292 valence electrons. The molecule has 0 amide bonds. The second-order valence-corrected chi connectivity index (χ2v) is 17.4. The fraction of sp³-hybridized carbons (Fsp3) is 0. The highest BCUT2D eigenvalue weighted by molar-refractivity contribution is 7.26. The summed E-state index contributed by atoms with van der Waals surface area (Å²) in [5.74, 6) is 1.92. The van der Waals surface area contributed by atoms with Crippen LogP contribution in [0.5, 0.6) is 0 Å². The molecular formula is C59H35N3S. The van der Waals surface area contributed by atoms with E-state index in [0.29, 0.717) is 17.5 Å². The van der Waals surface area contributed by atoms with Gasteiger partial charge in [-0.15, -0.1) is 11.3 Å². The summed E-state index contributed by atoms with van der Waals surface area (Å²) in [5.41, 5.74) is 7.55. The summed E-state index contributed by atoms with van der Waals surface area (Å²) in [6.45, 7) is 0. The van der Waals surface area contributed by atoms with Crippen LogP contribution in [0.2, 0.25) is 0 Å². The van der Waals surface area contributed by atoms with E-state index < -0.39 is 0 Å². The van der Waals surface area contributed by atoms with Gasteiger partial charge in [0, 0.05) is 42.2 Å². The summed E-state index contributed by atoms with van der Waals surface area (Å²) >= 11 is 1.84. The highest BCUT2D eigenvalue weighted by atomic mass is 32.1. The Bertz CT molecular complexity index is 3940. The van der Waals surface area contributed by atoms with Crippen LogP contribution in [0.25, 0.3) is 130 Å². The van der Waals surface area contributed by atoms with E-state index in [0.717, 1.165) is 33.2 Å². The van der Waals surface area contributed by atoms with E-state index in [1.54, 1.807) is 0 Å². The van der Waals surface area contributed by atoms with Crippen molar-refractivity contribution in [1.29, 1.82) is 0 Å². The predicted octanol–water partition coefficient (Wildman–Crippen LogP) is 16.3. The van der Waals surface area contributed by atoms with Crippen LogP contribution in [-0.2, 0) is 0 Å². The second kappa shape index (κ2) is 14.3. The molecule has 4 heteroatoms. The smallest absolute Gasteiger partial charge is 0.165 e. The zero-order chi connectivity index (χ0) is 41.4. The van der Waals surface area contributed by atoms with Crippen LogP contribution in [0.1, 0.15) is 0 Å². The second-order valence-electron chi connectivity index (χ2n) is 16.3. The molecule has 13 aromatic rings. The van der Waals surface area contributed by atoms with E-state index in [-0.39, 0.29) is 0 Å². The topological polar surface area (TPSA) is 38.7 Å². The lowest BCUT2D eigenvalue weighted by Gasteiger charge is -2.16. The predicted molar refractivity (Wildman–Crippen MR) is 267 cm³/mol. The molecule has 13 rings (SSSR count). The van der Waals surface area contributed by atoms with Crippen molar-refractivity contribution >= 4 is 85.4 Å². The molecule has 0 saturated heterocycles. The maximum absolute atomic E-state index is 5.54. The maximum Gasteiger partial charge on any atom is 0.165 e. The van der Waals surface area contributed by atoms with Crippen LogP contribution in [0.15, 0.2) is 212 Å². The molecule has 0 atom stereocenters. The summed E-state index contributed by atoms with van der Waals surface area (Å²) in [4.78, 5) is 16.4. The van der Waals surface area contributed by atoms with Crippen molar-refractivity contribution in [3.8, 4) is 56.4 Å². The first kappa shape index (κ1) is 35.7. The minimum absolute atomic E-state index is 0.631.